The van der Waals surface area contributed by atoms with E-state index in [4.69, 9.17) is 16.3 Å². The second kappa shape index (κ2) is 13.6. The second-order valence-electron chi connectivity index (χ2n) is 7.73. The minimum Gasteiger partial charge on any atom is -1.00 e. The zero-order valence-corrected chi connectivity index (χ0v) is 20.6. The van der Waals surface area contributed by atoms with Crippen LogP contribution in [0.3, 0.4) is 0 Å². The van der Waals surface area contributed by atoms with Gasteiger partial charge >= 0.3 is 5.97 Å². The number of carbonyl (C=O) groups is 1. The Morgan fingerprint density at radius 1 is 1.13 bits per heavy atom. The van der Waals surface area contributed by atoms with Crippen molar-refractivity contribution >= 4 is 40.4 Å². The molecule has 0 aliphatic rings. The molecule has 0 saturated heterocycles. The highest BCUT2D eigenvalue weighted by atomic mass is 35.5. The number of halogens is 2. The largest absolute Gasteiger partial charge is 1.00 e. The molecule has 1 aromatic heterocycles. The van der Waals surface area contributed by atoms with Crippen LogP contribution in [0.4, 0.5) is 0 Å². The number of aromatic nitrogens is 2. The van der Waals surface area contributed by atoms with Gasteiger partial charge in [0.1, 0.15) is 12.1 Å². The lowest BCUT2D eigenvalue weighted by molar-refractivity contribution is -0.367. The summed E-state index contributed by atoms with van der Waals surface area (Å²) < 4.78 is 7.38. The second-order valence-corrected chi connectivity index (χ2v) is 9.06. The van der Waals surface area contributed by atoms with Crippen molar-refractivity contribution in [2.24, 2.45) is 0 Å². The molecule has 170 valence electrons. The van der Waals surface area contributed by atoms with Crippen LogP contribution in [0.25, 0.3) is 11.0 Å². The Morgan fingerprint density at radius 2 is 1.77 bits per heavy atom. The average Bonchev–Trinajstić information content (AvgIpc) is 3.05. The molecule has 3 aromatic rings. The van der Waals surface area contributed by atoms with Crippen molar-refractivity contribution in [2.75, 3.05) is 12.3 Å². The smallest absolute Gasteiger partial charge is 0.326 e. The van der Waals surface area contributed by atoms with Crippen LogP contribution in [-0.2, 0) is 22.0 Å². The summed E-state index contributed by atoms with van der Waals surface area (Å²) in [7, 11) is 0. The lowest BCUT2D eigenvalue weighted by Crippen LogP contribution is -3.00. The van der Waals surface area contributed by atoms with E-state index in [1.807, 2.05) is 79.9 Å². The van der Waals surface area contributed by atoms with Gasteiger partial charge in [-0.15, -0.1) is 11.6 Å². The van der Waals surface area contributed by atoms with Crippen LogP contribution >= 0.6 is 23.4 Å². The quantitative estimate of drug-likeness (QED) is 0.239. The summed E-state index contributed by atoms with van der Waals surface area (Å²) in [5.74, 6) is 1.32. The third-order valence-corrected chi connectivity index (χ3v) is 5.32. The fraction of sp³-hybridized carbons (Fsp3) is 0.391. The van der Waals surface area contributed by atoms with Crippen molar-refractivity contribution in [2.45, 2.75) is 50.4 Å². The lowest BCUT2D eigenvalue weighted by Gasteiger charge is -2.20. The molecule has 31 heavy (non-hydrogen) atoms. The van der Waals surface area contributed by atoms with Gasteiger partial charge in [-0.1, -0.05) is 54.2 Å². The molecule has 3 N–H and O–H groups in total. The number of carbonyl (C=O) groups excluding carboxylic acids is 1. The summed E-state index contributed by atoms with van der Waals surface area (Å²) in [5.41, 5.74) is 6.42. The van der Waals surface area contributed by atoms with E-state index in [2.05, 4.69) is 10.7 Å². The van der Waals surface area contributed by atoms with Crippen molar-refractivity contribution in [3.05, 3.63) is 60.2 Å². The van der Waals surface area contributed by atoms with Crippen LogP contribution in [0.5, 0.6) is 0 Å². The Labute approximate surface area is 200 Å². The van der Waals surface area contributed by atoms with Crippen LogP contribution in [0.1, 0.15) is 32.8 Å². The van der Waals surface area contributed by atoms with Gasteiger partial charge < -0.3 is 27.4 Å². The van der Waals surface area contributed by atoms with Crippen LogP contribution in [-0.4, -0.2) is 33.4 Å². The number of benzene rings is 2. The molecule has 2 aromatic carbocycles. The first kappa shape index (κ1) is 27.3. The van der Waals surface area contributed by atoms with E-state index < -0.39 is 5.60 Å². The molecular formula is C23H31Cl2N3O2S. The molecule has 1 heterocycles. The Morgan fingerprint density at radius 3 is 2.35 bits per heavy atom. The molecule has 0 spiro atoms. The predicted molar refractivity (Wildman–Crippen MR) is 125 cm³/mol. The summed E-state index contributed by atoms with van der Waals surface area (Å²) in [6.07, 6.45) is 1.03. The Balaban J connectivity index is 0.000000450. The normalized spacial score (nSPS) is 10.7. The van der Waals surface area contributed by atoms with E-state index in [0.29, 0.717) is 5.88 Å². The molecular weight excluding hydrogens is 453 g/mol. The zero-order chi connectivity index (χ0) is 22.0. The van der Waals surface area contributed by atoms with Gasteiger partial charge in [0.2, 0.25) is 0 Å². The summed E-state index contributed by atoms with van der Waals surface area (Å²) in [6.45, 7) is 6.71. The molecule has 0 bridgehead atoms. The third kappa shape index (κ3) is 9.52. The average molecular weight is 484 g/mol. The predicted octanol–water partition coefficient (Wildman–Crippen LogP) is 1.53. The highest BCUT2D eigenvalue weighted by Crippen LogP contribution is 2.24. The number of hydrogen-bond acceptors (Lipinski definition) is 4. The molecule has 8 heteroatoms. The molecule has 0 saturated carbocycles. The molecule has 5 nitrogen and oxygen atoms in total. The van der Waals surface area contributed by atoms with Gasteiger partial charge in [-0.25, -0.2) is 4.98 Å². The molecule has 0 aliphatic heterocycles. The number of rotatable bonds is 7. The van der Waals surface area contributed by atoms with Gasteiger partial charge in [0.05, 0.1) is 17.6 Å². The maximum absolute atomic E-state index is 12.2. The molecule has 0 aliphatic carbocycles. The topological polar surface area (TPSA) is 71.8 Å². The van der Waals surface area contributed by atoms with Gasteiger partial charge in [0, 0.05) is 18.1 Å². The number of ether oxygens (including phenoxy) is 1. The number of imidazole rings is 1. The van der Waals surface area contributed by atoms with Crippen molar-refractivity contribution in [1.82, 2.24) is 9.55 Å². The zero-order valence-electron chi connectivity index (χ0n) is 18.3. The summed E-state index contributed by atoms with van der Waals surface area (Å²) in [5, 5.41) is 0.862. The van der Waals surface area contributed by atoms with Crippen LogP contribution in [0, 0.1) is 0 Å². The number of thioether (sulfide) groups is 1. The van der Waals surface area contributed by atoms with Crippen LogP contribution in [0.2, 0.25) is 0 Å². The Kier molecular flexibility index (Phi) is 12.0. The van der Waals surface area contributed by atoms with E-state index in [9.17, 15) is 4.79 Å². The van der Waals surface area contributed by atoms with Gasteiger partial charge in [-0.05, 0) is 38.5 Å². The number of quaternary nitrogens is 1. The fourth-order valence-electron chi connectivity index (χ4n) is 2.65. The minimum atomic E-state index is -0.478. The van der Waals surface area contributed by atoms with Gasteiger partial charge in [0.15, 0.2) is 5.16 Å². The number of nitrogens with zero attached hydrogens (tertiary/aromatic N) is 2. The molecule has 0 fully saturated rings. The van der Waals surface area contributed by atoms with Crippen LogP contribution < -0.4 is 18.1 Å². The number of alkyl halides is 1. The third-order valence-electron chi connectivity index (χ3n) is 3.95. The lowest BCUT2D eigenvalue weighted by atomic mass is 10.2. The van der Waals surface area contributed by atoms with Gasteiger partial charge in [-0.2, -0.15) is 0 Å². The number of hydrogen-bond donors (Lipinski definition) is 1. The number of esters is 1. The first-order chi connectivity index (χ1) is 14.3. The summed E-state index contributed by atoms with van der Waals surface area (Å²) in [4.78, 5) is 16.8. The molecule has 0 radical (unpaired) electrons. The van der Waals surface area contributed by atoms with E-state index in [0.717, 1.165) is 34.9 Å². The SMILES string of the molecule is CC(C)(C)OC(=O)Cn1c(SCCC[NH3+])nc2ccccc21.ClCc1ccccc1.[Cl-]. The van der Waals surface area contributed by atoms with E-state index in [-0.39, 0.29) is 24.9 Å². The highest BCUT2D eigenvalue weighted by molar-refractivity contribution is 7.99. The van der Waals surface area contributed by atoms with Crippen LogP contribution in [0.15, 0.2) is 59.8 Å². The van der Waals surface area contributed by atoms with E-state index >= 15 is 0 Å². The monoisotopic (exact) mass is 483 g/mol. The minimum absolute atomic E-state index is 0. The number of fused-ring (bicyclic) bond motifs is 1. The Hall–Kier alpha value is -1.73. The number of para-hydroxylation sites is 2. The van der Waals surface area contributed by atoms with Gasteiger partial charge in [0.25, 0.3) is 0 Å². The standard InChI is InChI=1S/C16H23N3O2S.C7H7Cl.ClH/c1-16(2,3)21-14(20)11-19-13-8-5-4-7-12(13)18-15(19)22-10-6-9-17;8-6-7-4-2-1-3-5-7;/h4-5,7-8H,6,9-11,17H2,1-3H3;1-5H,6H2;1H. The summed E-state index contributed by atoms with van der Waals surface area (Å²) in [6, 6.07) is 17.8. The Bertz CT molecular complexity index is 927. The maximum atomic E-state index is 12.2. The highest BCUT2D eigenvalue weighted by Gasteiger charge is 2.19. The van der Waals surface area contributed by atoms with Crippen molar-refractivity contribution in [3.63, 3.8) is 0 Å². The fourth-order valence-corrected chi connectivity index (χ4v) is 3.84. The summed E-state index contributed by atoms with van der Waals surface area (Å²) >= 11 is 7.19. The van der Waals surface area contributed by atoms with E-state index in [1.54, 1.807) is 11.8 Å². The van der Waals surface area contributed by atoms with Crippen molar-refractivity contribution in [1.29, 1.82) is 0 Å². The first-order valence-electron chi connectivity index (χ1n) is 10.0. The van der Waals surface area contributed by atoms with Crippen molar-refractivity contribution < 1.29 is 27.7 Å². The molecule has 3 rings (SSSR count). The molecule has 0 atom stereocenters. The van der Waals surface area contributed by atoms with Crippen molar-refractivity contribution in [3.8, 4) is 0 Å². The molecule has 0 amide bonds. The van der Waals surface area contributed by atoms with Gasteiger partial charge in [-0.3, -0.25) is 4.79 Å². The maximum Gasteiger partial charge on any atom is 0.326 e. The van der Waals surface area contributed by atoms with E-state index in [1.165, 1.54) is 5.56 Å². The molecule has 0 unspecified atom stereocenters. The first-order valence-corrected chi connectivity index (χ1v) is 11.5.